The maximum absolute atomic E-state index is 11.0. The average molecular weight is 347 g/mol. The molecule has 0 heterocycles. The summed E-state index contributed by atoms with van der Waals surface area (Å²) in [4.78, 5) is 21.3. The molecule has 108 valence electrons. The summed E-state index contributed by atoms with van der Waals surface area (Å²) in [7, 11) is 0. The quantitative estimate of drug-likeness (QED) is 0.435. The highest BCUT2D eigenvalue weighted by molar-refractivity contribution is 6.42. The van der Waals surface area contributed by atoms with Crippen molar-refractivity contribution in [1.29, 1.82) is 0 Å². The van der Waals surface area contributed by atoms with Gasteiger partial charge in [-0.05, 0) is 18.2 Å². The van der Waals surface area contributed by atoms with Gasteiger partial charge in [-0.2, -0.15) is 0 Å². The van der Waals surface area contributed by atoms with Crippen LogP contribution in [0.3, 0.4) is 0 Å². The topological polar surface area (TPSA) is 69.4 Å². The molecule has 0 aliphatic carbocycles. The van der Waals surface area contributed by atoms with Gasteiger partial charge in [-0.25, -0.2) is 0 Å². The Kier molecular flexibility index (Phi) is 4.67. The predicted molar refractivity (Wildman–Crippen MR) is 80.0 cm³/mol. The van der Waals surface area contributed by atoms with Crippen molar-refractivity contribution in [1.82, 2.24) is 0 Å². The molecule has 2 aromatic carbocycles. The highest BCUT2D eigenvalue weighted by Gasteiger charge is 2.20. The number of nitrogens with zero attached hydrogens (tertiary/aromatic N) is 1. The first kappa shape index (κ1) is 15.6. The third-order valence-electron chi connectivity index (χ3n) is 2.52. The number of aldehydes is 1. The number of nitro groups is 1. The molecule has 0 aromatic heterocycles. The lowest BCUT2D eigenvalue weighted by atomic mass is 10.2. The molecule has 0 saturated carbocycles. The summed E-state index contributed by atoms with van der Waals surface area (Å²) in [5, 5.41) is 11.5. The highest BCUT2D eigenvalue weighted by atomic mass is 35.5. The van der Waals surface area contributed by atoms with Crippen LogP contribution < -0.4 is 4.74 Å². The van der Waals surface area contributed by atoms with Crippen LogP contribution in [0.1, 0.15) is 10.4 Å². The van der Waals surface area contributed by atoms with Gasteiger partial charge < -0.3 is 4.74 Å². The normalized spacial score (nSPS) is 10.2. The Morgan fingerprint density at radius 1 is 1.05 bits per heavy atom. The van der Waals surface area contributed by atoms with Gasteiger partial charge in [0.05, 0.1) is 20.5 Å². The van der Waals surface area contributed by atoms with Gasteiger partial charge in [0.15, 0.2) is 6.29 Å². The van der Waals surface area contributed by atoms with Crippen molar-refractivity contribution >= 4 is 46.8 Å². The van der Waals surface area contributed by atoms with Crippen LogP contribution in [-0.4, -0.2) is 11.2 Å². The molecular formula is C13H6Cl3NO4. The van der Waals surface area contributed by atoms with Crippen molar-refractivity contribution in [3.05, 3.63) is 61.1 Å². The minimum atomic E-state index is -0.659. The molecule has 0 atom stereocenters. The summed E-state index contributed by atoms with van der Waals surface area (Å²) < 4.78 is 5.41. The number of halogens is 3. The van der Waals surface area contributed by atoms with Gasteiger partial charge in [-0.1, -0.05) is 34.8 Å². The summed E-state index contributed by atoms with van der Waals surface area (Å²) in [5.41, 5.74) is -0.209. The fraction of sp³-hybridized carbons (Fsp3) is 0. The van der Waals surface area contributed by atoms with Crippen molar-refractivity contribution in [2.24, 2.45) is 0 Å². The fourth-order valence-corrected chi connectivity index (χ4v) is 2.06. The van der Waals surface area contributed by atoms with E-state index in [0.29, 0.717) is 11.3 Å². The smallest absolute Gasteiger partial charge is 0.313 e. The Labute approximate surface area is 134 Å². The van der Waals surface area contributed by atoms with Crippen LogP contribution in [0.2, 0.25) is 15.1 Å². The summed E-state index contributed by atoms with van der Waals surface area (Å²) in [6.07, 6.45) is 0.532. The average Bonchev–Trinajstić information content (AvgIpc) is 2.44. The molecule has 5 nitrogen and oxygen atoms in total. The first-order chi connectivity index (χ1) is 9.92. The van der Waals surface area contributed by atoms with E-state index in [1.165, 1.54) is 24.3 Å². The Bertz CT molecular complexity index is 734. The molecular weight excluding hydrogens is 341 g/mol. The van der Waals surface area contributed by atoms with Gasteiger partial charge in [0.25, 0.3) is 0 Å². The van der Waals surface area contributed by atoms with Crippen LogP contribution in [0.15, 0.2) is 30.3 Å². The van der Waals surface area contributed by atoms with E-state index in [1.54, 1.807) is 0 Å². The molecule has 2 rings (SSSR count). The zero-order chi connectivity index (χ0) is 15.6. The van der Waals surface area contributed by atoms with Crippen LogP contribution in [0.5, 0.6) is 11.5 Å². The molecule has 0 amide bonds. The first-order valence-electron chi connectivity index (χ1n) is 5.48. The highest BCUT2D eigenvalue weighted by Crippen LogP contribution is 2.38. The fourth-order valence-electron chi connectivity index (χ4n) is 1.57. The molecule has 0 aliphatic rings. The molecule has 0 saturated heterocycles. The minimum absolute atomic E-state index is 0.0300. The summed E-state index contributed by atoms with van der Waals surface area (Å²) >= 11 is 17.3. The number of hydrogen-bond acceptors (Lipinski definition) is 4. The van der Waals surface area contributed by atoms with E-state index in [9.17, 15) is 14.9 Å². The van der Waals surface area contributed by atoms with Crippen molar-refractivity contribution in [2.45, 2.75) is 0 Å². The van der Waals surface area contributed by atoms with E-state index < -0.39 is 4.92 Å². The van der Waals surface area contributed by atoms with E-state index in [2.05, 4.69) is 0 Å². The SMILES string of the molecule is O=Cc1cc(Cl)ccc1Oc1cc(Cl)c(Cl)cc1[N+](=O)[O-]. The second kappa shape index (κ2) is 6.30. The number of carbonyl (C=O) groups excluding carboxylic acids is 1. The zero-order valence-electron chi connectivity index (χ0n) is 10.2. The van der Waals surface area contributed by atoms with Crippen molar-refractivity contribution in [3.8, 4) is 11.5 Å². The molecule has 2 aromatic rings. The summed E-state index contributed by atoms with van der Waals surface area (Å²) in [6.45, 7) is 0. The van der Waals surface area contributed by atoms with Gasteiger partial charge >= 0.3 is 5.69 Å². The molecule has 0 bridgehead atoms. The molecule has 0 aliphatic heterocycles. The third-order valence-corrected chi connectivity index (χ3v) is 3.47. The second-order valence-electron chi connectivity index (χ2n) is 3.89. The molecule has 0 fully saturated rings. The Morgan fingerprint density at radius 2 is 1.71 bits per heavy atom. The van der Waals surface area contributed by atoms with Crippen molar-refractivity contribution in [3.63, 3.8) is 0 Å². The molecule has 0 radical (unpaired) electrons. The van der Waals surface area contributed by atoms with E-state index in [1.807, 2.05) is 0 Å². The van der Waals surface area contributed by atoms with Gasteiger partial charge in [0.1, 0.15) is 5.75 Å². The predicted octanol–water partition coefficient (Wildman–Crippen LogP) is 5.16. The van der Waals surface area contributed by atoms with E-state index in [0.717, 1.165) is 6.07 Å². The molecule has 0 unspecified atom stereocenters. The number of rotatable bonds is 4. The third kappa shape index (κ3) is 3.44. The number of benzene rings is 2. The number of ether oxygens (including phenoxy) is 1. The van der Waals surface area contributed by atoms with Gasteiger partial charge in [-0.3, -0.25) is 14.9 Å². The first-order valence-corrected chi connectivity index (χ1v) is 6.61. The Hall–Kier alpha value is -1.82. The van der Waals surface area contributed by atoms with Crippen LogP contribution >= 0.6 is 34.8 Å². The van der Waals surface area contributed by atoms with Crippen LogP contribution in [0.25, 0.3) is 0 Å². The standard InChI is InChI=1S/C13H6Cl3NO4/c14-8-1-2-12(7(3-8)6-18)21-13-5-10(16)9(15)4-11(13)17(19)20/h1-6H. The molecule has 0 N–H and O–H groups in total. The Balaban J connectivity index is 2.51. The van der Waals surface area contributed by atoms with Crippen molar-refractivity contribution < 1.29 is 14.5 Å². The Morgan fingerprint density at radius 3 is 2.33 bits per heavy atom. The van der Waals surface area contributed by atoms with E-state index in [-0.39, 0.29) is 32.8 Å². The second-order valence-corrected chi connectivity index (χ2v) is 5.14. The summed E-state index contributed by atoms with van der Waals surface area (Å²) in [6, 6.07) is 6.60. The van der Waals surface area contributed by atoms with Crippen LogP contribution in [-0.2, 0) is 0 Å². The molecule has 0 spiro atoms. The van der Waals surface area contributed by atoms with Crippen molar-refractivity contribution in [2.75, 3.05) is 0 Å². The maximum Gasteiger partial charge on any atom is 0.313 e. The molecule has 21 heavy (non-hydrogen) atoms. The van der Waals surface area contributed by atoms with Gasteiger partial charge in [0, 0.05) is 17.2 Å². The molecule has 8 heteroatoms. The maximum atomic E-state index is 11.0. The zero-order valence-corrected chi connectivity index (χ0v) is 12.4. The van der Waals surface area contributed by atoms with Gasteiger partial charge in [-0.15, -0.1) is 0 Å². The largest absolute Gasteiger partial charge is 0.449 e. The lowest BCUT2D eigenvalue weighted by molar-refractivity contribution is -0.385. The van der Waals surface area contributed by atoms with E-state index in [4.69, 9.17) is 39.5 Å². The van der Waals surface area contributed by atoms with Crippen LogP contribution in [0, 0.1) is 10.1 Å². The lowest BCUT2D eigenvalue weighted by Gasteiger charge is -2.09. The minimum Gasteiger partial charge on any atom is -0.449 e. The monoisotopic (exact) mass is 345 g/mol. The van der Waals surface area contributed by atoms with Gasteiger partial charge in [0.2, 0.25) is 5.75 Å². The lowest BCUT2D eigenvalue weighted by Crippen LogP contribution is -1.96. The number of nitro benzene ring substituents is 1. The number of carbonyl (C=O) groups is 1. The summed E-state index contributed by atoms with van der Waals surface area (Å²) in [5.74, 6) is -0.00397. The number of hydrogen-bond donors (Lipinski definition) is 0. The van der Waals surface area contributed by atoms with Crippen LogP contribution in [0.4, 0.5) is 5.69 Å². The van der Waals surface area contributed by atoms with E-state index >= 15 is 0 Å².